The SMILES string of the molecule is N#CCC(=O)c1cccc(OCC2CCCCC2)c1.N#CCC(O)c1cccc(OCC2CCCCC2)c1. The summed E-state index contributed by atoms with van der Waals surface area (Å²) in [7, 11) is 0. The van der Waals surface area contributed by atoms with Crippen molar-refractivity contribution in [2.45, 2.75) is 83.2 Å². The summed E-state index contributed by atoms with van der Waals surface area (Å²) in [4.78, 5) is 11.6. The lowest BCUT2D eigenvalue weighted by molar-refractivity contribution is 0.0997. The lowest BCUT2D eigenvalue weighted by Gasteiger charge is -2.21. The van der Waals surface area contributed by atoms with Gasteiger partial charge >= 0.3 is 0 Å². The highest BCUT2D eigenvalue weighted by Crippen LogP contribution is 2.27. The summed E-state index contributed by atoms with van der Waals surface area (Å²) in [6, 6.07) is 18.4. The molecule has 0 aliphatic heterocycles. The van der Waals surface area contributed by atoms with E-state index in [1.165, 1.54) is 64.2 Å². The molecule has 6 heteroatoms. The van der Waals surface area contributed by atoms with Gasteiger partial charge in [0.1, 0.15) is 11.5 Å². The minimum absolute atomic E-state index is 0.0773. The van der Waals surface area contributed by atoms with E-state index < -0.39 is 6.10 Å². The molecule has 0 radical (unpaired) electrons. The molecule has 1 unspecified atom stereocenters. The zero-order valence-electron chi connectivity index (χ0n) is 22.3. The molecule has 2 aliphatic carbocycles. The Hall–Kier alpha value is -3.35. The predicted molar refractivity (Wildman–Crippen MR) is 147 cm³/mol. The maximum Gasteiger partial charge on any atom is 0.177 e. The highest BCUT2D eigenvalue weighted by Gasteiger charge is 2.15. The highest BCUT2D eigenvalue weighted by atomic mass is 16.5. The van der Waals surface area contributed by atoms with E-state index >= 15 is 0 Å². The number of hydrogen-bond donors (Lipinski definition) is 1. The number of hydrogen-bond acceptors (Lipinski definition) is 6. The van der Waals surface area contributed by atoms with Crippen LogP contribution in [0.5, 0.6) is 11.5 Å². The van der Waals surface area contributed by atoms with E-state index in [1.54, 1.807) is 18.2 Å². The minimum Gasteiger partial charge on any atom is -0.493 e. The second kappa shape index (κ2) is 16.5. The standard InChI is InChI=1S/C16H21NO2.C16H19NO2/c2*17-10-9-16(18)14-7-4-8-15(11-14)19-12-13-5-2-1-3-6-13/h4,7-8,11,13,16,18H,1-3,5-6,9,12H2;4,7-8,11,13H,1-3,5-6,9,12H2. The van der Waals surface area contributed by atoms with Gasteiger partial charge in [-0.15, -0.1) is 0 Å². The zero-order chi connectivity index (χ0) is 27.0. The number of benzene rings is 2. The number of Topliss-reactive ketones (excluding diaryl/α,β-unsaturated/α-hetero) is 1. The molecule has 0 heterocycles. The van der Waals surface area contributed by atoms with E-state index in [2.05, 4.69) is 0 Å². The Kier molecular flexibility index (Phi) is 12.7. The first-order chi connectivity index (χ1) is 18.6. The number of aliphatic hydroxyl groups is 1. The van der Waals surface area contributed by atoms with Gasteiger partial charge in [0.25, 0.3) is 0 Å². The normalized spacial score (nSPS) is 16.7. The summed E-state index contributed by atoms with van der Waals surface area (Å²) >= 11 is 0. The molecule has 2 fully saturated rings. The lowest BCUT2D eigenvalue weighted by atomic mass is 9.90. The molecule has 2 aromatic rings. The van der Waals surface area contributed by atoms with Crippen LogP contribution in [-0.4, -0.2) is 24.1 Å². The summed E-state index contributed by atoms with van der Waals surface area (Å²) < 4.78 is 11.6. The quantitative estimate of drug-likeness (QED) is 0.331. The number of ketones is 1. The van der Waals surface area contributed by atoms with Crippen molar-refractivity contribution in [3.8, 4) is 23.6 Å². The fraction of sp³-hybridized carbons (Fsp3) is 0.531. The Morgan fingerprint density at radius 1 is 0.816 bits per heavy atom. The van der Waals surface area contributed by atoms with Gasteiger partial charge in [-0.25, -0.2) is 0 Å². The number of carbonyl (C=O) groups is 1. The average molecular weight is 517 g/mol. The van der Waals surface area contributed by atoms with Crippen LogP contribution in [0.3, 0.4) is 0 Å². The van der Waals surface area contributed by atoms with Crippen molar-refractivity contribution in [1.82, 2.24) is 0 Å². The van der Waals surface area contributed by atoms with Crippen molar-refractivity contribution in [1.29, 1.82) is 10.5 Å². The van der Waals surface area contributed by atoms with Crippen LogP contribution in [0.25, 0.3) is 0 Å². The number of nitriles is 2. The molecule has 1 N–H and O–H groups in total. The van der Waals surface area contributed by atoms with Crippen molar-refractivity contribution in [2.24, 2.45) is 11.8 Å². The molecule has 0 aromatic heterocycles. The molecular formula is C32H40N2O4. The van der Waals surface area contributed by atoms with E-state index in [4.69, 9.17) is 20.0 Å². The summed E-state index contributed by atoms with van der Waals surface area (Å²) in [5.41, 5.74) is 1.31. The van der Waals surface area contributed by atoms with E-state index in [0.717, 1.165) is 30.3 Å². The van der Waals surface area contributed by atoms with E-state index in [0.29, 0.717) is 17.4 Å². The Balaban J connectivity index is 0.000000211. The molecule has 0 spiro atoms. The third kappa shape index (κ3) is 10.2. The van der Waals surface area contributed by atoms with Gasteiger partial charge < -0.3 is 14.6 Å². The van der Waals surface area contributed by atoms with Crippen LogP contribution in [0.4, 0.5) is 0 Å². The number of carbonyl (C=O) groups excluding carboxylic acids is 1. The average Bonchev–Trinajstić information content (AvgIpc) is 2.97. The third-order valence-corrected chi connectivity index (χ3v) is 7.34. The monoisotopic (exact) mass is 516 g/mol. The molecule has 1 atom stereocenters. The van der Waals surface area contributed by atoms with Gasteiger partial charge in [0.05, 0.1) is 44.3 Å². The largest absolute Gasteiger partial charge is 0.493 e. The van der Waals surface area contributed by atoms with Crippen LogP contribution >= 0.6 is 0 Å². The molecular weight excluding hydrogens is 476 g/mol. The highest BCUT2D eigenvalue weighted by molar-refractivity contribution is 5.97. The second-order valence-corrected chi connectivity index (χ2v) is 10.4. The van der Waals surface area contributed by atoms with Gasteiger partial charge in [-0.1, -0.05) is 62.8 Å². The zero-order valence-corrected chi connectivity index (χ0v) is 22.3. The van der Waals surface area contributed by atoms with Gasteiger partial charge in [0, 0.05) is 5.56 Å². The van der Waals surface area contributed by atoms with Crippen molar-refractivity contribution in [2.75, 3.05) is 13.2 Å². The van der Waals surface area contributed by atoms with Gasteiger partial charge in [-0.05, 0) is 67.3 Å². The predicted octanol–water partition coefficient (Wildman–Crippen LogP) is 7.33. The van der Waals surface area contributed by atoms with E-state index in [9.17, 15) is 9.90 Å². The summed E-state index contributed by atoms with van der Waals surface area (Å²) in [6.07, 6.45) is 12.3. The maximum absolute atomic E-state index is 11.6. The number of ether oxygens (including phenoxy) is 2. The molecule has 6 nitrogen and oxygen atoms in total. The Morgan fingerprint density at radius 2 is 1.37 bits per heavy atom. The van der Waals surface area contributed by atoms with Crippen LogP contribution in [0.2, 0.25) is 0 Å². The molecule has 2 aliphatic rings. The van der Waals surface area contributed by atoms with Gasteiger partial charge in [-0.2, -0.15) is 10.5 Å². The first kappa shape index (κ1) is 29.2. The fourth-order valence-corrected chi connectivity index (χ4v) is 5.08. The third-order valence-electron chi connectivity index (χ3n) is 7.34. The summed E-state index contributed by atoms with van der Waals surface area (Å²) in [6.45, 7) is 1.49. The topological polar surface area (TPSA) is 103 Å². The van der Waals surface area contributed by atoms with Gasteiger partial charge in [-0.3, -0.25) is 4.79 Å². The van der Waals surface area contributed by atoms with Crippen molar-refractivity contribution in [3.05, 3.63) is 59.7 Å². The molecule has 2 saturated carbocycles. The Bertz CT molecular complexity index is 1080. The van der Waals surface area contributed by atoms with Crippen molar-refractivity contribution in [3.63, 3.8) is 0 Å². The van der Waals surface area contributed by atoms with Crippen LogP contribution in [0.1, 0.15) is 99.1 Å². The molecule has 0 saturated heterocycles. The number of rotatable bonds is 10. The number of nitrogens with zero attached hydrogens (tertiary/aromatic N) is 2. The second-order valence-electron chi connectivity index (χ2n) is 10.4. The minimum atomic E-state index is -0.719. The fourth-order valence-electron chi connectivity index (χ4n) is 5.08. The van der Waals surface area contributed by atoms with Gasteiger partial charge in [0.2, 0.25) is 0 Å². The van der Waals surface area contributed by atoms with Crippen molar-refractivity contribution < 1.29 is 19.4 Å². The van der Waals surface area contributed by atoms with E-state index in [1.807, 2.05) is 42.5 Å². The van der Waals surface area contributed by atoms with Gasteiger partial charge in [0.15, 0.2) is 5.78 Å². The summed E-state index contributed by atoms with van der Waals surface area (Å²) in [5, 5.41) is 26.9. The van der Waals surface area contributed by atoms with Crippen LogP contribution in [-0.2, 0) is 0 Å². The van der Waals surface area contributed by atoms with Crippen LogP contribution in [0.15, 0.2) is 48.5 Å². The molecule has 38 heavy (non-hydrogen) atoms. The van der Waals surface area contributed by atoms with Crippen LogP contribution < -0.4 is 9.47 Å². The summed E-state index contributed by atoms with van der Waals surface area (Å²) in [5.74, 6) is 2.69. The smallest absolute Gasteiger partial charge is 0.177 e. The van der Waals surface area contributed by atoms with E-state index in [-0.39, 0.29) is 18.6 Å². The number of aliphatic hydroxyl groups excluding tert-OH is 1. The first-order valence-electron chi connectivity index (χ1n) is 14.0. The van der Waals surface area contributed by atoms with Crippen LogP contribution in [0, 0.1) is 34.5 Å². The first-order valence-corrected chi connectivity index (χ1v) is 14.0. The Morgan fingerprint density at radius 3 is 1.92 bits per heavy atom. The molecule has 202 valence electrons. The molecule has 0 amide bonds. The lowest BCUT2D eigenvalue weighted by Crippen LogP contribution is -2.15. The molecule has 2 aromatic carbocycles. The molecule has 0 bridgehead atoms. The molecule has 4 rings (SSSR count). The van der Waals surface area contributed by atoms with Crippen molar-refractivity contribution >= 4 is 5.78 Å². The Labute approximate surface area is 227 Å². The maximum atomic E-state index is 11.6.